The lowest BCUT2D eigenvalue weighted by atomic mass is 9.89. The molecule has 16 heteroatoms. The number of aliphatic imine (C=N–C) groups is 1. The first-order chi connectivity index (χ1) is 23.3. The van der Waals surface area contributed by atoms with Gasteiger partial charge in [0.15, 0.2) is 6.61 Å². The summed E-state index contributed by atoms with van der Waals surface area (Å²) in [6, 6.07) is 6.03. The molecule has 2 amide bonds. The molecule has 0 saturated carbocycles. The molecule has 272 valence electrons. The number of ether oxygens (including phenoxy) is 1. The van der Waals surface area contributed by atoms with Crippen LogP contribution in [0, 0.1) is 13.8 Å². The molecule has 0 bridgehead atoms. The van der Waals surface area contributed by atoms with Crippen molar-refractivity contribution in [3.63, 3.8) is 0 Å². The summed E-state index contributed by atoms with van der Waals surface area (Å²) in [6.45, 7) is 5.53. The molecular formula is C34H37F7N4O4S. The van der Waals surface area contributed by atoms with Crippen LogP contribution in [0.2, 0.25) is 0 Å². The van der Waals surface area contributed by atoms with Crippen LogP contribution in [0.4, 0.5) is 30.7 Å². The average molecular weight is 731 g/mol. The van der Waals surface area contributed by atoms with Crippen LogP contribution in [0.1, 0.15) is 70.8 Å². The number of nitrogens with zero attached hydrogens (tertiary/aromatic N) is 3. The van der Waals surface area contributed by atoms with E-state index in [9.17, 15) is 45.4 Å². The Kier molecular flexibility index (Phi) is 10.7. The van der Waals surface area contributed by atoms with Crippen molar-refractivity contribution in [2.24, 2.45) is 4.99 Å². The Bertz CT molecular complexity index is 1650. The topological polar surface area (TPSA) is 94.5 Å². The molecule has 50 heavy (non-hydrogen) atoms. The monoisotopic (exact) mass is 730 g/mol. The summed E-state index contributed by atoms with van der Waals surface area (Å²) in [4.78, 5) is 32.4. The molecule has 2 fully saturated rings. The first-order valence-corrected chi connectivity index (χ1v) is 16.8. The molecule has 2 N–H and O–H groups in total. The summed E-state index contributed by atoms with van der Waals surface area (Å²) in [5.41, 5.74) is -0.0288. The number of piperidine rings is 2. The number of amidine groups is 1. The van der Waals surface area contributed by atoms with E-state index in [4.69, 9.17) is 0 Å². The summed E-state index contributed by atoms with van der Waals surface area (Å²) >= 11 is 1.43. The van der Waals surface area contributed by atoms with Crippen molar-refractivity contribution in [1.29, 1.82) is 0 Å². The van der Waals surface area contributed by atoms with E-state index in [0.29, 0.717) is 50.7 Å². The lowest BCUT2D eigenvalue weighted by Gasteiger charge is -2.36. The maximum atomic E-state index is 13.5. The Morgan fingerprint density at radius 2 is 1.66 bits per heavy atom. The number of hydrogen-bond acceptors (Lipinski definition) is 7. The normalized spacial score (nSPS) is 19.7. The van der Waals surface area contributed by atoms with E-state index in [-0.39, 0.29) is 30.1 Å². The lowest BCUT2D eigenvalue weighted by Crippen LogP contribution is -2.47. The number of halogens is 7. The zero-order valence-electron chi connectivity index (χ0n) is 27.6. The van der Waals surface area contributed by atoms with Crippen molar-refractivity contribution in [3.8, 4) is 5.75 Å². The number of nitrogens with one attached hydrogen (secondary N) is 1. The number of aryl methyl sites for hydroxylation is 2. The molecule has 2 saturated heterocycles. The van der Waals surface area contributed by atoms with Gasteiger partial charge in [0, 0.05) is 37.3 Å². The zero-order valence-corrected chi connectivity index (χ0v) is 28.4. The van der Waals surface area contributed by atoms with Gasteiger partial charge in [0.05, 0.1) is 11.2 Å². The van der Waals surface area contributed by atoms with Gasteiger partial charge in [-0.25, -0.2) is 13.1 Å². The Balaban J connectivity index is 1.22. The fraction of sp³-hybridized carbons (Fsp3) is 0.500. The first kappa shape index (κ1) is 37.6. The molecule has 0 atom stereocenters. The van der Waals surface area contributed by atoms with E-state index >= 15 is 0 Å². The predicted octanol–water partition coefficient (Wildman–Crippen LogP) is 6.62. The number of carbonyl (C=O) groups excluding carboxylic acids is 2. The number of benzene rings is 2. The van der Waals surface area contributed by atoms with Gasteiger partial charge < -0.3 is 20.1 Å². The van der Waals surface area contributed by atoms with Crippen LogP contribution in [0.15, 0.2) is 40.7 Å². The number of alkyl halides is 7. The number of aliphatic hydroxyl groups is 1. The van der Waals surface area contributed by atoms with Crippen molar-refractivity contribution in [2.75, 3.05) is 32.8 Å². The molecule has 8 nitrogen and oxygen atoms in total. The van der Waals surface area contributed by atoms with E-state index in [1.54, 1.807) is 11.8 Å². The highest BCUT2D eigenvalue weighted by Gasteiger charge is 2.47. The minimum Gasteiger partial charge on any atom is -0.486 e. The van der Waals surface area contributed by atoms with Gasteiger partial charge in [-0.3, -0.25) is 14.6 Å². The second kappa shape index (κ2) is 14.2. The minimum absolute atomic E-state index is 0.0548. The molecule has 1 spiro atoms. The number of hydrogen-bond donors (Lipinski definition) is 2. The van der Waals surface area contributed by atoms with Crippen molar-refractivity contribution in [3.05, 3.63) is 69.1 Å². The maximum absolute atomic E-state index is 13.5. The minimum atomic E-state index is -5.02. The van der Waals surface area contributed by atoms with Crippen LogP contribution in [0.5, 0.6) is 5.75 Å². The molecule has 3 heterocycles. The van der Waals surface area contributed by atoms with Crippen LogP contribution in [0.25, 0.3) is 6.08 Å². The van der Waals surface area contributed by atoms with Gasteiger partial charge in [0.2, 0.25) is 0 Å². The van der Waals surface area contributed by atoms with Crippen molar-refractivity contribution in [1.82, 2.24) is 14.5 Å². The molecule has 3 aliphatic heterocycles. The largest absolute Gasteiger partial charge is 0.486 e. The lowest BCUT2D eigenvalue weighted by molar-refractivity contribution is -0.153. The van der Waals surface area contributed by atoms with Gasteiger partial charge in [-0.05, 0) is 98.9 Å². The SMILES string of the molecule is Cc1cc(C(=O)N2CCC(C)(O)CC2)cc(C)c1/C=C/SN1CCC2(CC1)N=C(c1ccc(C(F)(F)F)c(OCC(F)(F)C(F)F)c1)NC2=O. The van der Waals surface area contributed by atoms with E-state index in [2.05, 4.69) is 15.0 Å². The fourth-order valence-electron chi connectivity index (χ4n) is 6.13. The average Bonchev–Trinajstić information content (AvgIpc) is 3.36. The second-order valence-electron chi connectivity index (χ2n) is 13.2. The highest BCUT2D eigenvalue weighted by atomic mass is 32.2. The van der Waals surface area contributed by atoms with E-state index in [1.807, 2.05) is 41.8 Å². The number of rotatable bonds is 9. The highest BCUT2D eigenvalue weighted by Crippen LogP contribution is 2.39. The summed E-state index contributed by atoms with van der Waals surface area (Å²) in [7, 11) is 0. The zero-order chi connectivity index (χ0) is 36.6. The Morgan fingerprint density at radius 3 is 2.24 bits per heavy atom. The molecule has 0 aliphatic carbocycles. The Labute approximate surface area is 288 Å². The van der Waals surface area contributed by atoms with E-state index in [0.717, 1.165) is 28.8 Å². The second-order valence-corrected chi connectivity index (χ2v) is 14.2. The quantitative estimate of drug-likeness (QED) is 0.223. The maximum Gasteiger partial charge on any atom is 0.419 e. The van der Waals surface area contributed by atoms with Gasteiger partial charge in [-0.1, -0.05) is 18.0 Å². The first-order valence-electron chi connectivity index (χ1n) is 15.9. The summed E-state index contributed by atoms with van der Waals surface area (Å²) in [5.74, 6) is -6.37. The van der Waals surface area contributed by atoms with Gasteiger partial charge in [-0.15, -0.1) is 0 Å². The molecule has 2 aromatic carbocycles. The van der Waals surface area contributed by atoms with Crippen LogP contribution in [-0.2, 0) is 11.0 Å². The van der Waals surface area contributed by atoms with Gasteiger partial charge in [0.25, 0.3) is 11.8 Å². The third kappa shape index (κ3) is 8.28. The third-order valence-corrected chi connectivity index (χ3v) is 10.2. The molecule has 0 radical (unpaired) electrons. The van der Waals surface area contributed by atoms with E-state index < -0.39 is 53.5 Å². The third-order valence-electron chi connectivity index (χ3n) is 9.24. The number of amides is 2. The van der Waals surface area contributed by atoms with Gasteiger partial charge in [-0.2, -0.15) is 22.0 Å². The molecular weight excluding hydrogens is 693 g/mol. The Morgan fingerprint density at radius 1 is 1.04 bits per heavy atom. The van der Waals surface area contributed by atoms with Gasteiger partial charge in [0.1, 0.15) is 17.1 Å². The van der Waals surface area contributed by atoms with Crippen LogP contribution >= 0.6 is 11.9 Å². The standard InChI is InChI=1S/C34H37F7N4O4S/c1-20-16-23(28(46)44-11-7-31(3,48)8-12-44)17-21(2)24(20)6-15-50-45-13-9-32(10-14-45)30(47)42-27(43-32)22-4-5-25(34(39,40)41)26(18-22)49-19-33(37,38)29(35)36/h4-6,15-18,29,48H,7-14,19H2,1-3H3,(H,42,43,47)/b15-6+. The van der Waals surface area contributed by atoms with Gasteiger partial charge >= 0.3 is 18.5 Å². The van der Waals surface area contributed by atoms with Crippen LogP contribution in [-0.4, -0.2) is 88.2 Å². The number of carbonyl (C=O) groups is 2. The number of likely N-dealkylation sites (tertiary alicyclic amines) is 1. The highest BCUT2D eigenvalue weighted by molar-refractivity contribution is 8.00. The summed E-state index contributed by atoms with van der Waals surface area (Å²) in [6.07, 6.45) is -5.58. The van der Waals surface area contributed by atoms with Crippen molar-refractivity contribution >= 4 is 35.7 Å². The van der Waals surface area contributed by atoms with Crippen LogP contribution < -0.4 is 10.1 Å². The summed E-state index contributed by atoms with van der Waals surface area (Å²) < 4.78 is 99.2. The molecule has 0 aromatic heterocycles. The smallest absolute Gasteiger partial charge is 0.419 e. The molecule has 3 aliphatic rings. The van der Waals surface area contributed by atoms with Crippen molar-refractivity contribution < 1.29 is 50.2 Å². The molecule has 5 rings (SSSR count). The van der Waals surface area contributed by atoms with Crippen molar-refractivity contribution in [2.45, 2.75) is 76.1 Å². The predicted molar refractivity (Wildman–Crippen MR) is 174 cm³/mol. The van der Waals surface area contributed by atoms with Crippen LogP contribution in [0.3, 0.4) is 0 Å². The molecule has 2 aromatic rings. The Hall–Kier alpha value is -3.63. The van der Waals surface area contributed by atoms with E-state index in [1.165, 1.54) is 11.9 Å². The summed E-state index contributed by atoms with van der Waals surface area (Å²) in [5, 5.41) is 14.7. The molecule has 0 unspecified atom stereocenters. The fourth-order valence-corrected chi connectivity index (χ4v) is 6.90.